The van der Waals surface area contributed by atoms with Crippen LogP contribution >= 0.6 is 15.9 Å². The molecule has 0 atom stereocenters. The van der Waals surface area contributed by atoms with Crippen LogP contribution in [0.2, 0.25) is 0 Å². The van der Waals surface area contributed by atoms with Crippen molar-refractivity contribution in [2.45, 2.75) is 38.9 Å². The molecule has 0 bridgehead atoms. The van der Waals surface area contributed by atoms with Crippen LogP contribution in [-0.2, 0) is 9.31 Å². The highest BCUT2D eigenvalue weighted by atomic mass is 79.9. The summed E-state index contributed by atoms with van der Waals surface area (Å²) < 4.78 is 39.2. The predicted molar refractivity (Wildman–Crippen MR) is 79.3 cm³/mol. The van der Waals surface area contributed by atoms with E-state index in [-0.39, 0.29) is 0 Å². The van der Waals surface area contributed by atoms with Gasteiger partial charge in [-0.3, -0.25) is 0 Å². The van der Waals surface area contributed by atoms with Crippen LogP contribution in [0.15, 0.2) is 28.4 Å². The maximum Gasteiger partial charge on any atom is 0.525 e. The topological polar surface area (TPSA) is 18.5 Å². The van der Waals surface area contributed by atoms with Gasteiger partial charge < -0.3 is 9.31 Å². The molecule has 2 nitrogen and oxygen atoms in total. The summed E-state index contributed by atoms with van der Waals surface area (Å²) in [6.45, 7) is 7.38. The number of hydrogen-bond donors (Lipinski definition) is 0. The molecule has 1 saturated heterocycles. The van der Waals surface area contributed by atoms with Gasteiger partial charge in [0.25, 0.3) is 0 Å². The molecule has 20 heavy (non-hydrogen) atoms. The fourth-order valence-corrected chi connectivity index (χ4v) is 2.16. The van der Waals surface area contributed by atoms with Gasteiger partial charge in [0.15, 0.2) is 0 Å². The van der Waals surface area contributed by atoms with Gasteiger partial charge in [-0.25, -0.2) is 8.78 Å². The van der Waals surface area contributed by atoms with Crippen molar-refractivity contribution in [3.8, 4) is 0 Å². The highest BCUT2D eigenvalue weighted by Gasteiger charge is 2.53. The molecule has 1 aromatic carbocycles. The molecular formula is C14H16BBrF2O2. The van der Waals surface area contributed by atoms with E-state index >= 15 is 0 Å². The van der Waals surface area contributed by atoms with Gasteiger partial charge in [0, 0.05) is 4.47 Å². The summed E-state index contributed by atoms with van der Waals surface area (Å²) in [4.78, 5) is 0. The average molecular weight is 345 g/mol. The third kappa shape index (κ3) is 2.97. The summed E-state index contributed by atoms with van der Waals surface area (Å²) in [5.74, 6) is -0.429. The molecule has 0 saturated carbocycles. The molecule has 1 fully saturated rings. The Hall–Kier alpha value is -0.715. The van der Waals surface area contributed by atoms with Crippen molar-refractivity contribution in [3.05, 3.63) is 39.8 Å². The van der Waals surface area contributed by atoms with E-state index in [1.165, 1.54) is 24.3 Å². The number of halogens is 3. The summed E-state index contributed by atoms with van der Waals surface area (Å²) in [6.07, 6.45) is 1.22. The van der Waals surface area contributed by atoms with E-state index < -0.39 is 29.9 Å². The lowest BCUT2D eigenvalue weighted by atomic mass is 9.87. The van der Waals surface area contributed by atoms with Gasteiger partial charge in [-0.2, -0.15) is 0 Å². The van der Waals surface area contributed by atoms with Crippen molar-refractivity contribution >= 4 is 29.1 Å². The first-order chi connectivity index (χ1) is 9.12. The second-order valence-corrected chi connectivity index (χ2v) is 6.64. The van der Waals surface area contributed by atoms with Crippen molar-refractivity contribution in [2.75, 3.05) is 0 Å². The summed E-state index contributed by atoms with van der Waals surface area (Å²) in [7, 11) is -1.07. The van der Waals surface area contributed by atoms with Crippen molar-refractivity contribution in [1.82, 2.24) is 0 Å². The van der Waals surface area contributed by atoms with Crippen LogP contribution in [0.4, 0.5) is 8.78 Å². The first kappa shape index (κ1) is 15.7. The molecule has 1 aliphatic heterocycles. The number of rotatable bonds is 2. The first-order valence-electron chi connectivity index (χ1n) is 6.30. The van der Waals surface area contributed by atoms with E-state index in [0.717, 1.165) is 0 Å². The molecule has 0 radical (unpaired) electrons. The Kier molecular flexibility index (Phi) is 4.11. The molecule has 0 spiro atoms. The molecule has 2 rings (SSSR count). The second-order valence-electron chi connectivity index (χ2n) is 5.78. The summed E-state index contributed by atoms with van der Waals surface area (Å²) in [5, 5.41) is 0. The van der Waals surface area contributed by atoms with Crippen LogP contribution < -0.4 is 0 Å². The fourth-order valence-electron chi connectivity index (χ4n) is 1.80. The predicted octanol–water partition coefficient (Wildman–Crippen LogP) is 4.53. The Morgan fingerprint density at radius 1 is 1.20 bits per heavy atom. The summed E-state index contributed by atoms with van der Waals surface area (Å²) >= 11 is 3.25. The normalized spacial score (nSPS) is 21.4. The van der Waals surface area contributed by atoms with E-state index in [2.05, 4.69) is 15.9 Å². The van der Waals surface area contributed by atoms with Crippen LogP contribution in [0.5, 0.6) is 0 Å². The van der Waals surface area contributed by atoms with Gasteiger partial charge >= 0.3 is 7.12 Å². The molecular weight excluding hydrogens is 329 g/mol. The molecule has 108 valence electrons. The zero-order valence-corrected chi connectivity index (χ0v) is 13.4. The van der Waals surface area contributed by atoms with Gasteiger partial charge in [-0.15, -0.1) is 0 Å². The minimum absolute atomic E-state index is 0.400. The summed E-state index contributed by atoms with van der Waals surface area (Å²) in [5.41, 5.74) is -1.41. The number of hydrogen-bond acceptors (Lipinski definition) is 2. The van der Waals surface area contributed by atoms with Gasteiger partial charge in [0.1, 0.15) is 11.5 Å². The lowest BCUT2D eigenvalue weighted by Gasteiger charge is -2.32. The van der Waals surface area contributed by atoms with E-state index in [0.29, 0.717) is 10.0 Å². The molecule has 0 aromatic heterocycles. The Balaban J connectivity index is 2.27. The van der Waals surface area contributed by atoms with Crippen molar-refractivity contribution in [3.63, 3.8) is 0 Å². The maximum absolute atomic E-state index is 14.3. The largest absolute Gasteiger partial charge is 0.525 e. The molecule has 6 heteroatoms. The average Bonchev–Trinajstić information content (AvgIpc) is 2.53. The van der Waals surface area contributed by atoms with Gasteiger partial charge in [-0.1, -0.05) is 15.9 Å². The lowest BCUT2D eigenvalue weighted by Crippen LogP contribution is -2.41. The number of benzene rings is 1. The quantitative estimate of drug-likeness (QED) is 0.734. The van der Waals surface area contributed by atoms with Crippen molar-refractivity contribution < 1.29 is 18.1 Å². The Morgan fingerprint density at radius 3 is 2.30 bits per heavy atom. The van der Waals surface area contributed by atoms with Crippen LogP contribution in [0.1, 0.15) is 33.3 Å². The minimum Gasteiger partial charge on any atom is -0.398 e. The SMILES string of the molecule is CC1(C)OB(C(F)=Cc2cc(F)ccc2Br)OC1(C)C. The van der Waals surface area contributed by atoms with E-state index in [4.69, 9.17) is 9.31 Å². The van der Waals surface area contributed by atoms with Gasteiger partial charge in [0.05, 0.1) is 11.2 Å². The third-order valence-electron chi connectivity index (χ3n) is 3.73. The molecule has 0 aliphatic carbocycles. The molecule has 0 amide bonds. The monoisotopic (exact) mass is 344 g/mol. The zero-order chi connectivity index (χ0) is 15.1. The molecule has 1 aliphatic rings. The fraction of sp³-hybridized carbons (Fsp3) is 0.429. The minimum atomic E-state index is -1.07. The molecule has 0 unspecified atom stereocenters. The molecule has 1 aromatic rings. The summed E-state index contributed by atoms with van der Waals surface area (Å²) in [6, 6.07) is 4.07. The van der Waals surface area contributed by atoms with Gasteiger partial charge in [0.2, 0.25) is 0 Å². The molecule has 0 N–H and O–H groups in total. The van der Waals surface area contributed by atoms with Crippen LogP contribution in [0, 0.1) is 5.82 Å². The van der Waals surface area contributed by atoms with Crippen molar-refractivity contribution in [1.29, 1.82) is 0 Å². The Labute approximate surface area is 126 Å². The van der Waals surface area contributed by atoms with Crippen LogP contribution in [0.3, 0.4) is 0 Å². The second kappa shape index (κ2) is 5.24. The highest BCUT2D eigenvalue weighted by molar-refractivity contribution is 9.10. The van der Waals surface area contributed by atoms with Gasteiger partial charge in [-0.05, 0) is 57.5 Å². The highest BCUT2D eigenvalue weighted by Crippen LogP contribution is 2.39. The Morgan fingerprint density at radius 2 is 1.75 bits per heavy atom. The third-order valence-corrected chi connectivity index (χ3v) is 4.45. The Bertz CT molecular complexity index is 542. The smallest absolute Gasteiger partial charge is 0.398 e. The standard InChI is InChI=1S/C14H16BBrF2O2/c1-13(2)14(3,4)20-15(19-13)12(18)8-9-7-10(17)5-6-11(9)16/h5-8H,1-4H3. The lowest BCUT2D eigenvalue weighted by molar-refractivity contribution is 0.00578. The van der Waals surface area contributed by atoms with Crippen molar-refractivity contribution in [2.24, 2.45) is 0 Å². The van der Waals surface area contributed by atoms with Crippen LogP contribution in [-0.4, -0.2) is 18.3 Å². The van der Waals surface area contributed by atoms with Crippen LogP contribution in [0.25, 0.3) is 6.08 Å². The van der Waals surface area contributed by atoms with E-state index in [1.807, 2.05) is 27.7 Å². The van der Waals surface area contributed by atoms with E-state index in [1.54, 1.807) is 0 Å². The maximum atomic E-state index is 14.3. The molecule has 1 heterocycles. The zero-order valence-electron chi connectivity index (χ0n) is 11.8. The van der Waals surface area contributed by atoms with E-state index in [9.17, 15) is 8.78 Å². The first-order valence-corrected chi connectivity index (χ1v) is 7.09.